The molecule has 26 heavy (non-hydrogen) atoms. The van der Waals surface area contributed by atoms with E-state index in [1.54, 1.807) is 14.0 Å². The molecule has 6 heteroatoms. The van der Waals surface area contributed by atoms with Crippen LogP contribution < -0.4 is 10.9 Å². The number of hydrogen-bond donors (Lipinski definition) is 1. The van der Waals surface area contributed by atoms with Crippen LogP contribution in [0.5, 0.6) is 0 Å². The van der Waals surface area contributed by atoms with Crippen LogP contribution in [0.4, 0.5) is 5.69 Å². The molecule has 0 unspecified atom stereocenters. The van der Waals surface area contributed by atoms with Gasteiger partial charge in [-0.3, -0.25) is 9.59 Å². The Balaban J connectivity index is 1.80. The van der Waals surface area contributed by atoms with Gasteiger partial charge in [-0.15, -0.1) is 0 Å². The third kappa shape index (κ3) is 3.44. The Bertz CT molecular complexity index is 1010. The van der Waals surface area contributed by atoms with Crippen molar-refractivity contribution in [1.82, 2.24) is 14.1 Å². The average molecular weight is 350 g/mol. The van der Waals surface area contributed by atoms with Crippen molar-refractivity contribution in [3.8, 4) is 5.69 Å². The molecular formula is C20H22N4O2. The van der Waals surface area contributed by atoms with Crippen LogP contribution in [-0.2, 0) is 18.3 Å². The molecule has 1 amide bonds. The highest BCUT2D eigenvalue weighted by atomic mass is 16.1. The molecule has 1 N–H and O–H groups in total. The number of nitrogens with zero attached hydrogens (tertiary/aromatic N) is 3. The number of amides is 1. The van der Waals surface area contributed by atoms with Crippen LogP contribution in [-0.4, -0.2) is 20.0 Å². The maximum absolute atomic E-state index is 12.4. The zero-order valence-corrected chi connectivity index (χ0v) is 15.4. The van der Waals surface area contributed by atoms with Crippen LogP contribution in [0.25, 0.3) is 5.69 Å². The Labute approximate surface area is 152 Å². The summed E-state index contributed by atoms with van der Waals surface area (Å²) in [5.74, 6) is -0.202. The van der Waals surface area contributed by atoms with Gasteiger partial charge in [0.05, 0.1) is 18.4 Å². The topological polar surface area (TPSA) is 68.9 Å². The van der Waals surface area contributed by atoms with E-state index in [0.29, 0.717) is 16.9 Å². The number of carbonyl (C=O) groups is 1. The Morgan fingerprint density at radius 1 is 1.12 bits per heavy atom. The Morgan fingerprint density at radius 2 is 1.81 bits per heavy atom. The van der Waals surface area contributed by atoms with Crippen LogP contribution in [0.1, 0.15) is 22.6 Å². The number of aromatic nitrogens is 3. The maximum atomic E-state index is 12.4. The fraction of sp³-hybridized carbons (Fsp3) is 0.250. The normalized spacial score (nSPS) is 10.8. The van der Waals surface area contributed by atoms with E-state index in [1.807, 2.05) is 38.1 Å². The van der Waals surface area contributed by atoms with E-state index in [2.05, 4.69) is 27.0 Å². The van der Waals surface area contributed by atoms with Crippen LogP contribution in [0.15, 0.2) is 47.5 Å². The van der Waals surface area contributed by atoms with E-state index in [4.69, 9.17) is 0 Å². The van der Waals surface area contributed by atoms with Crippen molar-refractivity contribution >= 4 is 11.6 Å². The van der Waals surface area contributed by atoms with E-state index in [9.17, 15) is 9.59 Å². The lowest BCUT2D eigenvalue weighted by molar-refractivity contribution is -0.115. The summed E-state index contributed by atoms with van der Waals surface area (Å²) < 4.78 is 3.53. The third-order valence-electron chi connectivity index (χ3n) is 4.45. The maximum Gasteiger partial charge on any atom is 0.256 e. The van der Waals surface area contributed by atoms with Gasteiger partial charge < -0.3 is 14.5 Å². The van der Waals surface area contributed by atoms with E-state index in [0.717, 1.165) is 17.1 Å². The van der Waals surface area contributed by atoms with Crippen LogP contribution in [0.3, 0.4) is 0 Å². The summed E-state index contributed by atoms with van der Waals surface area (Å²) in [6.07, 6.45) is 1.50. The standard InChI is InChI=1S/C20H22N4O2/c1-13-8-9-14(2)24(13)17-7-5-6-16(10-17)22-19(25)11-18-15(3)20(26)23(4)12-21-18/h5-10,12H,11H2,1-4H3,(H,22,25). The predicted octanol–water partition coefficient (Wildman–Crippen LogP) is 2.68. The molecule has 0 fully saturated rings. The van der Waals surface area contributed by atoms with Gasteiger partial charge >= 0.3 is 0 Å². The number of carbonyl (C=O) groups excluding carboxylic acids is 1. The lowest BCUT2D eigenvalue weighted by atomic mass is 10.2. The average Bonchev–Trinajstić information content (AvgIpc) is 2.94. The van der Waals surface area contributed by atoms with Gasteiger partial charge in [0.25, 0.3) is 5.56 Å². The van der Waals surface area contributed by atoms with Gasteiger partial charge in [-0.2, -0.15) is 0 Å². The number of aryl methyl sites for hydroxylation is 3. The van der Waals surface area contributed by atoms with Gasteiger partial charge in [0, 0.05) is 35.4 Å². The molecular weight excluding hydrogens is 328 g/mol. The second-order valence-corrected chi connectivity index (χ2v) is 6.46. The van der Waals surface area contributed by atoms with E-state index >= 15 is 0 Å². The molecule has 3 rings (SSSR count). The molecule has 0 atom stereocenters. The zero-order chi connectivity index (χ0) is 18.8. The predicted molar refractivity (Wildman–Crippen MR) is 102 cm³/mol. The largest absolute Gasteiger partial charge is 0.326 e. The monoisotopic (exact) mass is 350 g/mol. The molecule has 6 nitrogen and oxygen atoms in total. The lowest BCUT2D eigenvalue weighted by Gasteiger charge is -2.12. The van der Waals surface area contributed by atoms with Crippen molar-refractivity contribution in [3.05, 3.63) is 75.7 Å². The summed E-state index contributed by atoms with van der Waals surface area (Å²) in [5.41, 5.74) is 4.82. The van der Waals surface area contributed by atoms with Crippen molar-refractivity contribution < 1.29 is 4.79 Å². The van der Waals surface area contributed by atoms with Gasteiger partial charge in [-0.25, -0.2) is 4.98 Å². The molecule has 0 aliphatic heterocycles. The summed E-state index contributed by atoms with van der Waals surface area (Å²) in [6, 6.07) is 11.8. The van der Waals surface area contributed by atoms with Gasteiger partial charge in [-0.1, -0.05) is 6.07 Å². The van der Waals surface area contributed by atoms with Crippen molar-refractivity contribution in [2.45, 2.75) is 27.2 Å². The number of rotatable bonds is 4. The summed E-state index contributed by atoms with van der Waals surface area (Å²) in [5, 5.41) is 2.89. The fourth-order valence-corrected chi connectivity index (χ4v) is 3.03. The Morgan fingerprint density at radius 3 is 2.50 bits per heavy atom. The number of benzene rings is 1. The van der Waals surface area contributed by atoms with E-state index in [-0.39, 0.29) is 17.9 Å². The zero-order valence-electron chi connectivity index (χ0n) is 15.4. The van der Waals surface area contributed by atoms with Gasteiger partial charge in [0.1, 0.15) is 0 Å². The molecule has 3 aromatic rings. The summed E-state index contributed by atoms with van der Waals surface area (Å²) >= 11 is 0. The molecule has 0 aliphatic carbocycles. The van der Waals surface area contributed by atoms with Crippen molar-refractivity contribution in [2.75, 3.05) is 5.32 Å². The SMILES string of the molecule is Cc1c(CC(=O)Nc2cccc(-n3c(C)ccc3C)c2)ncn(C)c1=O. The van der Waals surface area contributed by atoms with Crippen LogP contribution >= 0.6 is 0 Å². The first-order valence-corrected chi connectivity index (χ1v) is 8.43. The highest BCUT2D eigenvalue weighted by molar-refractivity contribution is 5.92. The highest BCUT2D eigenvalue weighted by Crippen LogP contribution is 2.20. The first-order chi connectivity index (χ1) is 12.4. The van der Waals surface area contributed by atoms with Crippen molar-refractivity contribution in [2.24, 2.45) is 7.05 Å². The number of anilines is 1. The summed E-state index contributed by atoms with van der Waals surface area (Å²) in [7, 11) is 1.64. The van der Waals surface area contributed by atoms with Crippen LogP contribution in [0.2, 0.25) is 0 Å². The molecule has 0 saturated heterocycles. The number of hydrogen-bond acceptors (Lipinski definition) is 3. The minimum Gasteiger partial charge on any atom is -0.326 e. The molecule has 0 radical (unpaired) electrons. The van der Waals surface area contributed by atoms with E-state index < -0.39 is 0 Å². The molecule has 0 spiro atoms. The molecule has 2 heterocycles. The first kappa shape index (κ1) is 17.7. The number of nitrogens with one attached hydrogen (secondary N) is 1. The second kappa shape index (κ2) is 7.00. The smallest absolute Gasteiger partial charge is 0.256 e. The Kier molecular flexibility index (Phi) is 4.75. The van der Waals surface area contributed by atoms with Gasteiger partial charge in [-0.05, 0) is 51.1 Å². The first-order valence-electron chi connectivity index (χ1n) is 8.43. The highest BCUT2D eigenvalue weighted by Gasteiger charge is 2.12. The van der Waals surface area contributed by atoms with Crippen molar-refractivity contribution in [3.63, 3.8) is 0 Å². The molecule has 134 valence electrons. The minimum atomic E-state index is -0.202. The van der Waals surface area contributed by atoms with Crippen molar-refractivity contribution in [1.29, 1.82) is 0 Å². The second-order valence-electron chi connectivity index (χ2n) is 6.46. The van der Waals surface area contributed by atoms with E-state index in [1.165, 1.54) is 10.9 Å². The van der Waals surface area contributed by atoms with Gasteiger partial charge in [0.15, 0.2) is 0 Å². The fourth-order valence-electron chi connectivity index (χ4n) is 3.03. The molecule has 2 aromatic heterocycles. The quantitative estimate of drug-likeness (QED) is 0.786. The molecule has 0 saturated carbocycles. The lowest BCUT2D eigenvalue weighted by Crippen LogP contribution is -2.24. The summed E-state index contributed by atoms with van der Waals surface area (Å²) in [4.78, 5) is 28.6. The van der Waals surface area contributed by atoms with Crippen LogP contribution in [0, 0.1) is 20.8 Å². The molecule has 1 aromatic carbocycles. The Hall–Kier alpha value is -3.15. The van der Waals surface area contributed by atoms with Gasteiger partial charge in [0.2, 0.25) is 5.91 Å². The third-order valence-corrected chi connectivity index (χ3v) is 4.45. The summed E-state index contributed by atoms with van der Waals surface area (Å²) in [6.45, 7) is 5.78. The molecule has 0 aliphatic rings. The molecule has 0 bridgehead atoms. The minimum absolute atomic E-state index is 0.0632.